The number of anilines is 1. The molecule has 140 valence electrons. The maximum Gasteiger partial charge on any atom is 0.321 e. The fourth-order valence-corrected chi connectivity index (χ4v) is 3.89. The Kier molecular flexibility index (Phi) is 4.99. The summed E-state index contributed by atoms with van der Waals surface area (Å²) in [6.07, 6.45) is 3.87. The van der Waals surface area contributed by atoms with Crippen molar-refractivity contribution in [2.24, 2.45) is 5.92 Å². The number of aryl methyl sites for hydroxylation is 1. The number of aromatic nitrogens is 3. The summed E-state index contributed by atoms with van der Waals surface area (Å²) in [6.45, 7) is 4.29. The van der Waals surface area contributed by atoms with Gasteiger partial charge in [-0.05, 0) is 49.9 Å². The van der Waals surface area contributed by atoms with Gasteiger partial charge in [0.05, 0.1) is 10.7 Å². The van der Waals surface area contributed by atoms with Gasteiger partial charge in [0.2, 0.25) is 0 Å². The highest BCUT2D eigenvalue weighted by atomic mass is 35.5. The van der Waals surface area contributed by atoms with Crippen molar-refractivity contribution in [2.75, 3.05) is 18.4 Å². The van der Waals surface area contributed by atoms with E-state index in [1.165, 1.54) is 0 Å². The second-order valence-electron chi connectivity index (χ2n) is 6.98. The van der Waals surface area contributed by atoms with Crippen molar-refractivity contribution < 1.29 is 4.79 Å². The molecule has 1 saturated heterocycles. The van der Waals surface area contributed by atoms with Gasteiger partial charge in [-0.2, -0.15) is 0 Å². The van der Waals surface area contributed by atoms with Gasteiger partial charge in [-0.15, -0.1) is 0 Å². The van der Waals surface area contributed by atoms with Gasteiger partial charge in [-0.3, -0.25) is 0 Å². The second-order valence-corrected chi connectivity index (χ2v) is 7.39. The van der Waals surface area contributed by atoms with E-state index in [0.29, 0.717) is 23.2 Å². The molecule has 7 heteroatoms. The largest absolute Gasteiger partial charge is 0.324 e. The van der Waals surface area contributed by atoms with Crippen molar-refractivity contribution in [3.05, 3.63) is 53.4 Å². The third kappa shape index (κ3) is 3.76. The van der Waals surface area contributed by atoms with Crippen LogP contribution in [0.25, 0.3) is 11.2 Å². The van der Waals surface area contributed by atoms with Crippen LogP contribution in [0.2, 0.25) is 5.02 Å². The van der Waals surface area contributed by atoms with Crippen molar-refractivity contribution in [3.8, 4) is 0 Å². The number of rotatable bonds is 3. The highest BCUT2D eigenvalue weighted by Gasteiger charge is 2.25. The van der Waals surface area contributed by atoms with Crippen molar-refractivity contribution in [2.45, 2.75) is 26.3 Å². The Morgan fingerprint density at radius 1 is 1.30 bits per heavy atom. The Balaban J connectivity index is 1.45. The number of carbonyl (C=O) groups is 1. The highest BCUT2D eigenvalue weighted by Crippen LogP contribution is 2.24. The number of nitrogens with one attached hydrogen (secondary N) is 1. The van der Waals surface area contributed by atoms with E-state index < -0.39 is 0 Å². The van der Waals surface area contributed by atoms with Crippen LogP contribution in [0.15, 0.2) is 42.6 Å². The summed E-state index contributed by atoms with van der Waals surface area (Å²) in [5.74, 6) is 1.33. The minimum absolute atomic E-state index is 0.0989. The molecule has 4 rings (SSSR count). The van der Waals surface area contributed by atoms with Crippen LogP contribution in [-0.4, -0.2) is 38.6 Å². The molecule has 2 aromatic heterocycles. The van der Waals surface area contributed by atoms with Crippen LogP contribution < -0.4 is 5.32 Å². The van der Waals surface area contributed by atoms with Gasteiger partial charge in [-0.25, -0.2) is 14.8 Å². The van der Waals surface area contributed by atoms with E-state index in [1.54, 1.807) is 12.3 Å². The van der Waals surface area contributed by atoms with Crippen molar-refractivity contribution in [1.29, 1.82) is 0 Å². The van der Waals surface area contributed by atoms with E-state index in [4.69, 9.17) is 11.6 Å². The third-order valence-electron chi connectivity index (χ3n) is 5.06. The normalized spacial score (nSPS) is 17.3. The van der Waals surface area contributed by atoms with Crippen LogP contribution in [0, 0.1) is 12.8 Å². The van der Waals surface area contributed by atoms with Crippen LogP contribution in [0.5, 0.6) is 0 Å². The van der Waals surface area contributed by atoms with E-state index in [2.05, 4.69) is 19.9 Å². The number of halogens is 1. The molecule has 3 heterocycles. The lowest BCUT2D eigenvalue weighted by Crippen LogP contribution is -2.43. The minimum atomic E-state index is -0.0989. The average Bonchev–Trinajstić information content (AvgIpc) is 2.99. The lowest BCUT2D eigenvalue weighted by molar-refractivity contribution is 0.170. The van der Waals surface area contributed by atoms with Gasteiger partial charge < -0.3 is 14.8 Å². The standard InChI is InChI=1S/C20H22ClN5O/c1-14-23-18-9-4-10-22-19(18)26(14)13-15-6-5-11-25(12-15)20(27)24-17-8-3-2-7-16(17)21/h2-4,7-10,15H,5-6,11-13H2,1H3,(H,24,27). The van der Waals surface area contributed by atoms with E-state index in [0.717, 1.165) is 42.9 Å². The Hall–Kier alpha value is -2.60. The predicted octanol–water partition coefficient (Wildman–Crippen LogP) is 4.34. The molecule has 3 aromatic rings. The smallest absolute Gasteiger partial charge is 0.321 e. The molecule has 2 amide bonds. The molecule has 27 heavy (non-hydrogen) atoms. The number of imidazole rings is 1. The number of para-hydroxylation sites is 1. The van der Waals surface area contributed by atoms with Crippen molar-refractivity contribution in [3.63, 3.8) is 0 Å². The monoisotopic (exact) mass is 383 g/mol. The summed E-state index contributed by atoms with van der Waals surface area (Å²) in [5.41, 5.74) is 2.47. The van der Waals surface area contributed by atoms with E-state index in [9.17, 15) is 4.79 Å². The number of carbonyl (C=O) groups excluding carboxylic acids is 1. The molecule has 1 aliphatic heterocycles. The number of pyridine rings is 1. The fourth-order valence-electron chi connectivity index (χ4n) is 3.70. The summed E-state index contributed by atoms with van der Waals surface area (Å²) in [4.78, 5) is 23.6. The van der Waals surface area contributed by atoms with Gasteiger partial charge in [0, 0.05) is 25.8 Å². The van der Waals surface area contributed by atoms with Gasteiger partial charge >= 0.3 is 6.03 Å². The molecular weight excluding hydrogens is 362 g/mol. The summed E-state index contributed by atoms with van der Waals surface area (Å²) in [5, 5.41) is 3.47. The molecule has 0 spiro atoms. The zero-order valence-corrected chi connectivity index (χ0v) is 16.0. The summed E-state index contributed by atoms with van der Waals surface area (Å²) < 4.78 is 2.16. The first kappa shape index (κ1) is 17.8. The Bertz CT molecular complexity index is 970. The number of likely N-dealkylation sites (tertiary alicyclic amines) is 1. The number of fused-ring (bicyclic) bond motifs is 1. The summed E-state index contributed by atoms with van der Waals surface area (Å²) in [6, 6.07) is 11.1. The van der Waals surface area contributed by atoms with E-state index in [1.807, 2.05) is 42.2 Å². The molecular formula is C20H22ClN5O. The molecule has 0 bridgehead atoms. The molecule has 0 radical (unpaired) electrons. The van der Waals surface area contributed by atoms with E-state index in [-0.39, 0.29) is 6.03 Å². The first-order valence-corrected chi connectivity index (χ1v) is 9.58. The first-order valence-electron chi connectivity index (χ1n) is 9.20. The quantitative estimate of drug-likeness (QED) is 0.731. The Labute approximate surface area is 163 Å². The number of nitrogens with zero attached hydrogens (tertiary/aromatic N) is 4. The minimum Gasteiger partial charge on any atom is -0.324 e. The maximum absolute atomic E-state index is 12.7. The lowest BCUT2D eigenvalue weighted by atomic mass is 9.98. The highest BCUT2D eigenvalue weighted by molar-refractivity contribution is 6.33. The van der Waals surface area contributed by atoms with Gasteiger partial charge in [0.1, 0.15) is 11.3 Å². The zero-order valence-electron chi connectivity index (χ0n) is 15.2. The molecule has 0 saturated carbocycles. The topological polar surface area (TPSA) is 63.1 Å². The van der Waals surface area contributed by atoms with Gasteiger partial charge in [0.25, 0.3) is 0 Å². The summed E-state index contributed by atoms with van der Waals surface area (Å²) in [7, 11) is 0. The van der Waals surface area contributed by atoms with Crippen LogP contribution in [0.3, 0.4) is 0 Å². The molecule has 1 aliphatic rings. The number of piperidine rings is 1. The molecule has 1 N–H and O–H groups in total. The summed E-state index contributed by atoms with van der Waals surface area (Å²) >= 11 is 6.15. The predicted molar refractivity (Wildman–Crippen MR) is 107 cm³/mol. The number of urea groups is 1. The van der Waals surface area contributed by atoms with Crippen LogP contribution in [0.4, 0.5) is 10.5 Å². The van der Waals surface area contributed by atoms with Gasteiger partial charge in [0.15, 0.2) is 5.65 Å². The van der Waals surface area contributed by atoms with E-state index >= 15 is 0 Å². The van der Waals surface area contributed by atoms with Crippen LogP contribution in [0.1, 0.15) is 18.7 Å². The molecule has 1 aromatic carbocycles. The number of hydrogen-bond acceptors (Lipinski definition) is 3. The van der Waals surface area contributed by atoms with Gasteiger partial charge in [-0.1, -0.05) is 23.7 Å². The number of amides is 2. The maximum atomic E-state index is 12.7. The zero-order chi connectivity index (χ0) is 18.8. The van der Waals surface area contributed by atoms with Crippen molar-refractivity contribution >= 4 is 34.5 Å². The molecule has 1 atom stereocenters. The second kappa shape index (κ2) is 7.56. The molecule has 1 unspecified atom stereocenters. The molecule has 6 nitrogen and oxygen atoms in total. The SMILES string of the molecule is Cc1nc2cccnc2n1CC1CCCN(C(=O)Nc2ccccc2Cl)C1. The van der Waals surface area contributed by atoms with Crippen LogP contribution in [-0.2, 0) is 6.54 Å². The number of benzene rings is 1. The van der Waals surface area contributed by atoms with Crippen molar-refractivity contribution in [1.82, 2.24) is 19.4 Å². The lowest BCUT2D eigenvalue weighted by Gasteiger charge is -2.33. The fraction of sp³-hybridized carbons (Fsp3) is 0.350. The Morgan fingerprint density at radius 3 is 3.00 bits per heavy atom. The third-order valence-corrected chi connectivity index (χ3v) is 5.39. The molecule has 1 fully saturated rings. The number of hydrogen-bond donors (Lipinski definition) is 1. The average molecular weight is 384 g/mol. The molecule has 0 aliphatic carbocycles. The Morgan fingerprint density at radius 2 is 2.15 bits per heavy atom. The first-order chi connectivity index (χ1) is 13.1. The van der Waals surface area contributed by atoms with Crippen LogP contribution >= 0.6 is 11.6 Å².